The van der Waals surface area contributed by atoms with E-state index >= 15 is 0 Å². The van der Waals surface area contributed by atoms with Crippen LogP contribution in [0.5, 0.6) is 0 Å². The molecule has 0 saturated carbocycles. The molecule has 1 N–H and O–H groups in total. The Balaban J connectivity index is 1.92. The minimum Gasteiger partial charge on any atom is -0.383 e. The van der Waals surface area contributed by atoms with E-state index in [2.05, 4.69) is 5.32 Å². The second-order valence-corrected chi connectivity index (χ2v) is 5.54. The van der Waals surface area contributed by atoms with Crippen LogP contribution >= 0.6 is 11.8 Å². The van der Waals surface area contributed by atoms with Gasteiger partial charge in [0.05, 0.1) is 11.0 Å². The molecule has 1 saturated heterocycles. The molecule has 1 heterocycles. The Kier molecular flexibility index (Phi) is 5.04. The maximum Gasteiger partial charge on any atom is 0.292 e. The summed E-state index contributed by atoms with van der Waals surface area (Å²) in [6.07, 6.45) is 2.64. The molecule has 0 bridgehead atoms. The Morgan fingerprint density at radius 2 is 2.42 bits per heavy atom. The first kappa shape index (κ1) is 14.1. The predicted octanol–water partition coefficient (Wildman–Crippen LogP) is 3.05. The fourth-order valence-corrected chi connectivity index (χ4v) is 3.17. The molecule has 1 aliphatic rings. The van der Waals surface area contributed by atoms with Gasteiger partial charge in [0.15, 0.2) is 0 Å². The topological polar surface area (TPSA) is 64.4 Å². The quantitative estimate of drug-likeness (QED) is 0.641. The first-order valence-corrected chi connectivity index (χ1v) is 7.50. The van der Waals surface area contributed by atoms with Gasteiger partial charge in [0.2, 0.25) is 0 Å². The van der Waals surface area contributed by atoms with Crippen LogP contribution in [0.25, 0.3) is 0 Å². The largest absolute Gasteiger partial charge is 0.383 e. The predicted molar refractivity (Wildman–Crippen MR) is 77.8 cm³/mol. The molecule has 1 aliphatic heterocycles. The van der Waals surface area contributed by atoms with Crippen molar-refractivity contribution in [2.75, 3.05) is 24.7 Å². The van der Waals surface area contributed by atoms with Crippen molar-refractivity contribution in [3.05, 3.63) is 33.9 Å². The van der Waals surface area contributed by atoms with E-state index in [1.165, 1.54) is 0 Å². The van der Waals surface area contributed by atoms with Crippen molar-refractivity contribution in [3.8, 4) is 0 Å². The molecule has 19 heavy (non-hydrogen) atoms. The van der Waals surface area contributed by atoms with Gasteiger partial charge in [0, 0.05) is 31.2 Å². The number of anilines is 1. The summed E-state index contributed by atoms with van der Waals surface area (Å²) in [5, 5.41) is 13.8. The highest BCUT2D eigenvalue weighted by Gasteiger charge is 2.16. The van der Waals surface area contributed by atoms with E-state index in [0.717, 1.165) is 36.5 Å². The second-order valence-electron chi connectivity index (χ2n) is 4.51. The van der Waals surface area contributed by atoms with E-state index in [9.17, 15) is 10.1 Å². The summed E-state index contributed by atoms with van der Waals surface area (Å²) in [7, 11) is 1.69. The maximum absolute atomic E-state index is 11.0. The fourth-order valence-electron chi connectivity index (χ4n) is 2.11. The third kappa shape index (κ3) is 3.84. The smallest absolute Gasteiger partial charge is 0.292 e. The van der Waals surface area contributed by atoms with Gasteiger partial charge in [-0.1, -0.05) is 6.07 Å². The lowest BCUT2D eigenvalue weighted by molar-refractivity contribution is -0.384. The van der Waals surface area contributed by atoms with Crippen molar-refractivity contribution in [1.29, 1.82) is 0 Å². The number of benzene rings is 1. The Hall–Kier alpha value is -1.27. The molecule has 6 heteroatoms. The van der Waals surface area contributed by atoms with Crippen LogP contribution in [0.2, 0.25) is 0 Å². The van der Waals surface area contributed by atoms with Crippen molar-refractivity contribution in [3.63, 3.8) is 0 Å². The number of nitrogens with one attached hydrogen (secondary N) is 1. The average molecular weight is 282 g/mol. The van der Waals surface area contributed by atoms with Gasteiger partial charge in [-0.25, -0.2) is 0 Å². The molecule has 104 valence electrons. The summed E-state index contributed by atoms with van der Waals surface area (Å²) in [4.78, 5) is 10.6. The number of rotatable bonds is 6. The van der Waals surface area contributed by atoms with Gasteiger partial charge in [0.1, 0.15) is 5.69 Å². The van der Waals surface area contributed by atoms with Crippen LogP contribution in [0.4, 0.5) is 11.4 Å². The number of nitro groups is 1. The van der Waals surface area contributed by atoms with Crippen LogP contribution in [-0.2, 0) is 10.5 Å². The zero-order valence-corrected chi connectivity index (χ0v) is 11.7. The van der Waals surface area contributed by atoms with Crippen molar-refractivity contribution in [2.24, 2.45) is 0 Å². The molecular weight excluding hydrogens is 264 g/mol. The van der Waals surface area contributed by atoms with Crippen LogP contribution < -0.4 is 5.32 Å². The van der Waals surface area contributed by atoms with Crippen LogP contribution in [0.15, 0.2) is 18.2 Å². The summed E-state index contributed by atoms with van der Waals surface area (Å²) >= 11 is 1.77. The number of nitrogens with zero attached hydrogens (tertiary/aromatic N) is 1. The number of ether oxygens (including phenoxy) is 1. The molecule has 1 fully saturated rings. The third-order valence-corrected chi connectivity index (χ3v) is 4.27. The summed E-state index contributed by atoms with van der Waals surface area (Å²) in [5.41, 5.74) is 1.67. The molecule has 0 spiro atoms. The second kappa shape index (κ2) is 6.77. The molecule has 1 aromatic carbocycles. The zero-order valence-electron chi connectivity index (χ0n) is 10.9. The van der Waals surface area contributed by atoms with Crippen molar-refractivity contribution >= 4 is 23.1 Å². The van der Waals surface area contributed by atoms with Gasteiger partial charge in [0.25, 0.3) is 5.69 Å². The molecule has 1 atom stereocenters. The van der Waals surface area contributed by atoms with E-state index in [1.807, 2.05) is 6.07 Å². The Bertz CT molecular complexity index is 448. The minimum atomic E-state index is -0.347. The van der Waals surface area contributed by atoms with E-state index < -0.39 is 0 Å². The molecule has 1 unspecified atom stereocenters. The van der Waals surface area contributed by atoms with Crippen LogP contribution in [-0.4, -0.2) is 30.4 Å². The normalized spacial score (nSPS) is 18.5. The van der Waals surface area contributed by atoms with Gasteiger partial charge in [-0.05, 0) is 24.5 Å². The van der Waals surface area contributed by atoms with Crippen molar-refractivity contribution in [2.45, 2.75) is 24.7 Å². The minimum absolute atomic E-state index is 0.137. The zero-order chi connectivity index (χ0) is 13.7. The first-order valence-electron chi connectivity index (χ1n) is 6.35. The molecular formula is C13H18N2O3S. The highest BCUT2D eigenvalue weighted by Crippen LogP contribution is 2.27. The highest BCUT2D eigenvalue weighted by molar-refractivity contribution is 7.98. The van der Waals surface area contributed by atoms with Gasteiger partial charge >= 0.3 is 0 Å². The SMILES string of the molecule is CNc1ccc(CSCC2CCCO2)cc1[N+](=O)[O-]. The number of hydrogen-bond donors (Lipinski definition) is 1. The lowest BCUT2D eigenvalue weighted by Crippen LogP contribution is -2.08. The summed E-state index contributed by atoms with van der Waals surface area (Å²) in [5.74, 6) is 1.74. The fraction of sp³-hybridized carbons (Fsp3) is 0.538. The highest BCUT2D eigenvalue weighted by atomic mass is 32.2. The monoisotopic (exact) mass is 282 g/mol. The molecule has 0 aromatic heterocycles. The van der Waals surface area contributed by atoms with Gasteiger partial charge in [-0.2, -0.15) is 11.8 Å². The lowest BCUT2D eigenvalue weighted by Gasteiger charge is -2.09. The van der Waals surface area contributed by atoms with E-state index in [0.29, 0.717) is 11.8 Å². The van der Waals surface area contributed by atoms with Crippen LogP contribution in [0.3, 0.4) is 0 Å². The van der Waals surface area contributed by atoms with Crippen LogP contribution in [0, 0.1) is 10.1 Å². The van der Waals surface area contributed by atoms with Crippen molar-refractivity contribution in [1.82, 2.24) is 0 Å². The molecule has 1 aromatic rings. The number of hydrogen-bond acceptors (Lipinski definition) is 5. The van der Waals surface area contributed by atoms with E-state index in [1.54, 1.807) is 30.9 Å². The van der Waals surface area contributed by atoms with E-state index in [4.69, 9.17) is 4.74 Å². The molecule has 0 amide bonds. The van der Waals surface area contributed by atoms with Gasteiger partial charge in [-0.3, -0.25) is 10.1 Å². The first-order chi connectivity index (χ1) is 9.20. The van der Waals surface area contributed by atoms with Gasteiger partial charge < -0.3 is 10.1 Å². The van der Waals surface area contributed by atoms with Gasteiger partial charge in [-0.15, -0.1) is 0 Å². The summed E-state index contributed by atoms with van der Waals surface area (Å²) in [6, 6.07) is 5.34. The third-order valence-electron chi connectivity index (χ3n) is 3.12. The van der Waals surface area contributed by atoms with Crippen molar-refractivity contribution < 1.29 is 9.66 Å². The van der Waals surface area contributed by atoms with E-state index in [-0.39, 0.29) is 10.6 Å². The molecule has 2 rings (SSSR count). The Morgan fingerprint density at radius 3 is 3.05 bits per heavy atom. The standard InChI is InChI=1S/C13H18N2O3S/c1-14-12-5-4-10(7-13(12)15(16)17)8-19-9-11-3-2-6-18-11/h4-5,7,11,14H,2-3,6,8-9H2,1H3. The lowest BCUT2D eigenvalue weighted by atomic mass is 10.2. The Morgan fingerprint density at radius 1 is 1.58 bits per heavy atom. The number of thioether (sulfide) groups is 1. The molecule has 0 radical (unpaired) electrons. The summed E-state index contributed by atoms with van der Waals surface area (Å²) in [6.45, 7) is 0.869. The Labute approximate surface area is 116 Å². The average Bonchev–Trinajstić information content (AvgIpc) is 2.91. The summed E-state index contributed by atoms with van der Waals surface area (Å²) < 4.78 is 5.55. The molecule has 5 nitrogen and oxygen atoms in total. The maximum atomic E-state index is 11.0. The van der Waals surface area contributed by atoms with Crippen LogP contribution in [0.1, 0.15) is 18.4 Å². The number of nitro benzene ring substituents is 1. The molecule has 0 aliphatic carbocycles.